The van der Waals surface area contributed by atoms with E-state index in [1.54, 1.807) is 12.1 Å². The number of nitrogens with zero attached hydrogens (tertiary/aromatic N) is 4. The minimum Gasteiger partial charge on any atom is -0.288 e. The summed E-state index contributed by atoms with van der Waals surface area (Å²) in [6.45, 7) is 0. The lowest BCUT2D eigenvalue weighted by atomic mass is 10.0. The molecule has 0 radical (unpaired) electrons. The smallest absolute Gasteiger partial charge is 0.213 e. The van der Waals surface area contributed by atoms with E-state index in [0.717, 1.165) is 4.96 Å². The number of hydrogen-bond acceptors (Lipinski definition) is 5. The number of halogens is 1. The predicted molar refractivity (Wildman–Crippen MR) is 109 cm³/mol. The van der Waals surface area contributed by atoms with E-state index in [1.165, 1.54) is 17.6 Å². The molecule has 2 heterocycles. The van der Waals surface area contributed by atoms with Crippen molar-refractivity contribution in [2.45, 2.75) is 0 Å². The molecule has 2 aromatic carbocycles. The van der Waals surface area contributed by atoms with E-state index in [1.807, 2.05) is 64.5 Å². The molecule has 4 aromatic rings. The third kappa shape index (κ3) is 3.58. The van der Waals surface area contributed by atoms with Gasteiger partial charge in [0.15, 0.2) is 10.1 Å². The lowest BCUT2D eigenvalue weighted by molar-refractivity contribution is 0.106. The van der Waals surface area contributed by atoms with E-state index in [-0.39, 0.29) is 11.5 Å². The standard InChI is InChI=1S/C20H13ClN4OS/c21-19-16(25-11-12-27-20(25)23-19)13-22-24-17(14-7-3-1-4-8-14)18(26)15-9-5-2-6-10-15/h1-13H/b22-13-,24-17-. The van der Waals surface area contributed by atoms with Gasteiger partial charge in [-0.05, 0) is 0 Å². The number of thiazole rings is 1. The second-order valence-corrected chi connectivity index (χ2v) is 6.83. The Labute approximate surface area is 164 Å². The fourth-order valence-corrected chi connectivity index (χ4v) is 3.58. The van der Waals surface area contributed by atoms with Crippen molar-refractivity contribution >= 4 is 45.6 Å². The molecule has 4 rings (SSSR count). The zero-order valence-electron chi connectivity index (χ0n) is 14.0. The molecule has 0 aliphatic heterocycles. The van der Waals surface area contributed by atoms with Gasteiger partial charge in [-0.3, -0.25) is 9.20 Å². The number of rotatable bonds is 5. The molecule has 0 aliphatic carbocycles. The van der Waals surface area contributed by atoms with Crippen LogP contribution in [0.2, 0.25) is 5.15 Å². The van der Waals surface area contributed by atoms with Crippen molar-refractivity contribution in [2.24, 2.45) is 10.2 Å². The van der Waals surface area contributed by atoms with Crippen molar-refractivity contribution < 1.29 is 4.79 Å². The zero-order valence-corrected chi connectivity index (χ0v) is 15.6. The highest BCUT2D eigenvalue weighted by Gasteiger charge is 2.16. The molecule has 0 aliphatic rings. The van der Waals surface area contributed by atoms with Gasteiger partial charge in [0.25, 0.3) is 0 Å². The second kappa shape index (κ2) is 7.65. The Morgan fingerprint density at radius 2 is 1.70 bits per heavy atom. The molecule has 0 bridgehead atoms. The summed E-state index contributed by atoms with van der Waals surface area (Å²) < 4.78 is 1.83. The quantitative estimate of drug-likeness (QED) is 0.279. The number of fused-ring (bicyclic) bond motifs is 1. The normalized spacial score (nSPS) is 12.1. The fourth-order valence-electron chi connectivity index (χ4n) is 2.59. The largest absolute Gasteiger partial charge is 0.288 e. The van der Waals surface area contributed by atoms with Gasteiger partial charge in [0.1, 0.15) is 11.4 Å². The molecule has 2 aromatic heterocycles. The first-order valence-corrected chi connectivity index (χ1v) is 9.37. The van der Waals surface area contributed by atoms with Crippen molar-refractivity contribution in [1.29, 1.82) is 0 Å². The molecule has 0 saturated carbocycles. The van der Waals surface area contributed by atoms with Crippen LogP contribution < -0.4 is 0 Å². The Bertz CT molecular complexity index is 1150. The SMILES string of the molecule is O=C(/C(=N\N=C/c1c(Cl)nc2sccn12)c1ccccc1)c1ccccc1. The number of carbonyl (C=O) groups is 1. The van der Waals surface area contributed by atoms with Gasteiger partial charge >= 0.3 is 0 Å². The Balaban J connectivity index is 1.73. The molecule has 132 valence electrons. The molecule has 0 fully saturated rings. The summed E-state index contributed by atoms with van der Waals surface area (Å²) in [6, 6.07) is 18.3. The molecule has 0 N–H and O–H groups in total. The topological polar surface area (TPSA) is 59.1 Å². The van der Waals surface area contributed by atoms with E-state index in [9.17, 15) is 4.79 Å². The van der Waals surface area contributed by atoms with Crippen molar-refractivity contribution in [3.63, 3.8) is 0 Å². The maximum absolute atomic E-state index is 12.9. The monoisotopic (exact) mass is 392 g/mol. The van der Waals surface area contributed by atoms with Crippen LogP contribution in [0.25, 0.3) is 4.96 Å². The number of benzene rings is 2. The van der Waals surface area contributed by atoms with Gasteiger partial charge in [-0.15, -0.1) is 16.4 Å². The summed E-state index contributed by atoms with van der Waals surface area (Å²) in [5.41, 5.74) is 2.14. The van der Waals surface area contributed by atoms with Crippen LogP contribution in [0.1, 0.15) is 21.6 Å². The second-order valence-electron chi connectivity index (χ2n) is 5.60. The summed E-state index contributed by atoms with van der Waals surface area (Å²) in [5, 5.41) is 10.6. The molecular weight excluding hydrogens is 380 g/mol. The maximum Gasteiger partial charge on any atom is 0.213 e. The molecule has 0 saturated heterocycles. The molecule has 5 nitrogen and oxygen atoms in total. The van der Waals surface area contributed by atoms with Crippen LogP contribution in [-0.2, 0) is 0 Å². The van der Waals surface area contributed by atoms with Crippen LogP contribution in [0.4, 0.5) is 0 Å². The lowest BCUT2D eigenvalue weighted by Crippen LogP contribution is -2.15. The van der Waals surface area contributed by atoms with Gasteiger partial charge in [-0.25, -0.2) is 4.98 Å². The van der Waals surface area contributed by atoms with E-state index in [2.05, 4.69) is 15.2 Å². The molecule has 0 unspecified atom stereocenters. The van der Waals surface area contributed by atoms with Crippen LogP contribution >= 0.6 is 22.9 Å². The summed E-state index contributed by atoms with van der Waals surface area (Å²) >= 11 is 7.64. The van der Waals surface area contributed by atoms with E-state index >= 15 is 0 Å². The zero-order chi connectivity index (χ0) is 18.6. The van der Waals surface area contributed by atoms with Gasteiger partial charge in [-0.2, -0.15) is 5.10 Å². The Kier molecular flexibility index (Phi) is 4.91. The van der Waals surface area contributed by atoms with Gasteiger partial charge in [0, 0.05) is 22.7 Å². The fraction of sp³-hybridized carbons (Fsp3) is 0. The van der Waals surface area contributed by atoms with Crippen LogP contribution in [-0.4, -0.2) is 27.1 Å². The highest BCUT2D eigenvalue weighted by molar-refractivity contribution is 7.15. The summed E-state index contributed by atoms with van der Waals surface area (Å²) in [6.07, 6.45) is 3.37. The third-order valence-electron chi connectivity index (χ3n) is 3.89. The first-order valence-electron chi connectivity index (χ1n) is 8.11. The molecular formula is C20H13ClN4OS. The van der Waals surface area contributed by atoms with Crippen LogP contribution in [0, 0.1) is 0 Å². The maximum atomic E-state index is 12.9. The highest BCUT2D eigenvalue weighted by Crippen LogP contribution is 2.19. The van der Waals surface area contributed by atoms with Crippen LogP contribution in [0.3, 0.4) is 0 Å². The molecule has 0 amide bonds. The van der Waals surface area contributed by atoms with Crippen molar-refractivity contribution in [1.82, 2.24) is 9.38 Å². The van der Waals surface area contributed by atoms with E-state index in [4.69, 9.17) is 11.6 Å². The number of hydrogen-bond donors (Lipinski definition) is 0. The van der Waals surface area contributed by atoms with Crippen molar-refractivity contribution in [3.05, 3.63) is 94.2 Å². The summed E-state index contributed by atoms with van der Waals surface area (Å²) in [7, 11) is 0. The number of aromatic nitrogens is 2. The number of imidazole rings is 1. The summed E-state index contributed by atoms with van der Waals surface area (Å²) in [5.74, 6) is -0.195. The minimum absolute atomic E-state index is 0.195. The van der Waals surface area contributed by atoms with Crippen molar-refractivity contribution in [3.8, 4) is 0 Å². The van der Waals surface area contributed by atoms with Crippen LogP contribution in [0.5, 0.6) is 0 Å². The van der Waals surface area contributed by atoms with Crippen LogP contribution in [0.15, 0.2) is 82.4 Å². The first-order chi connectivity index (χ1) is 13.2. The van der Waals surface area contributed by atoms with Gasteiger partial charge in [0.05, 0.1) is 6.21 Å². The Hall–Kier alpha value is -3.09. The lowest BCUT2D eigenvalue weighted by Gasteiger charge is -2.04. The number of ketones is 1. The predicted octanol–water partition coefficient (Wildman–Crippen LogP) is 4.76. The molecule has 0 atom stereocenters. The first kappa shape index (κ1) is 17.3. The highest BCUT2D eigenvalue weighted by atomic mass is 35.5. The average Bonchev–Trinajstić information content (AvgIpc) is 3.27. The van der Waals surface area contributed by atoms with Gasteiger partial charge < -0.3 is 0 Å². The van der Waals surface area contributed by atoms with Gasteiger partial charge in [0.2, 0.25) is 5.78 Å². The number of carbonyl (C=O) groups excluding carboxylic acids is 1. The summed E-state index contributed by atoms with van der Waals surface area (Å²) in [4.78, 5) is 18.0. The number of Topliss-reactive ketones (excluding diaryl/α,β-unsaturated/α-hetero) is 1. The Morgan fingerprint density at radius 3 is 2.41 bits per heavy atom. The molecule has 7 heteroatoms. The average molecular weight is 393 g/mol. The molecule has 27 heavy (non-hydrogen) atoms. The minimum atomic E-state index is -0.195. The van der Waals surface area contributed by atoms with Crippen molar-refractivity contribution in [2.75, 3.05) is 0 Å². The third-order valence-corrected chi connectivity index (χ3v) is 4.92. The van der Waals surface area contributed by atoms with Gasteiger partial charge in [-0.1, -0.05) is 72.3 Å². The Morgan fingerprint density at radius 1 is 1.04 bits per heavy atom. The van der Waals surface area contributed by atoms with E-state index < -0.39 is 0 Å². The molecule has 0 spiro atoms. The van der Waals surface area contributed by atoms with E-state index in [0.29, 0.717) is 22.0 Å².